The number of aliphatic carboxylic acids is 1. The highest BCUT2D eigenvalue weighted by Gasteiger charge is 2.16. The summed E-state index contributed by atoms with van der Waals surface area (Å²) in [4.78, 5) is 31.3. The lowest BCUT2D eigenvalue weighted by molar-refractivity contribution is -0.136. The van der Waals surface area contributed by atoms with Crippen molar-refractivity contribution in [3.8, 4) is 0 Å². The summed E-state index contributed by atoms with van der Waals surface area (Å²) in [5.41, 5.74) is 0.649. The van der Waals surface area contributed by atoms with Gasteiger partial charge >= 0.3 is 12.0 Å². The van der Waals surface area contributed by atoms with Gasteiger partial charge in [0.1, 0.15) is 5.82 Å². The third-order valence-corrected chi connectivity index (χ3v) is 2.82. The van der Waals surface area contributed by atoms with Crippen molar-refractivity contribution in [3.05, 3.63) is 48.5 Å². The summed E-state index contributed by atoms with van der Waals surface area (Å²) in [6.45, 7) is 0.353. The molecule has 0 aliphatic carbocycles. The van der Waals surface area contributed by atoms with Crippen LogP contribution in [0.25, 0.3) is 0 Å². The lowest BCUT2D eigenvalue weighted by atomic mass is 10.3. The standard InChI is InChI=1S/C14H16N4O3/c19-13(20)6-9-18(11-4-2-1-3-5-11)14(21)17-10-12-15-7-8-16-12/h1-5,7-8H,6,9-10H2,(H,15,16)(H,17,21)(H,19,20). The second-order valence-corrected chi connectivity index (χ2v) is 4.33. The number of rotatable bonds is 6. The highest BCUT2D eigenvalue weighted by atomic mass is 16.4. The zero-order chi connectivity index (χ0) is 15.1. The van der Waals surface area contributed by atoms with Crippen LogP contribution in [0, 0.1) is 0 Å². The van der Waals surface area contributed by atoms with Crippen molar-refractivity contribution in [2.75, 3.05) is 11.4 Å². The first kappa shape index (κ1) is 14.6. The SMILES string of the molecule is O=C(O)CCN(C(=O)NCc1ncc[nH]1)c1ccccc1. The predicted molar refractivity (Wildman–Crippen MR) is 76.9 cm³/mol. The van der Waals surface area contributed by atoms with Crippen LogP contribution in [-0.4, -0.2) is 33.6 Å². The molecule has 1 aromatic heterocycles. The fraction of sp³-hybridized carbons (Fsp3) is 0.214. The topological polar surface area (TPSA) is 98.3 Å². The average molecular weight is 288 g/mol. The number of aromatic nitrogens is 2. The van der Waals surface area contributed by atoms with Gasteiger partial charge in [0.2, 0.25) is 0 Å². The van der Waals surface area contributed by atoms with E-state index in [9.17, 15) is 9.59 Å². The van der Waals surface area contributed by atoms with Crippen LogP contribution in [0.5, 0.6) is 0 Å². The molecular formula is C14H16N4O3. The highest BCUT2D eigenvalue weighted by molar-refractivity contribution is 5.92. The van der Waals surface area contributed by atoms with Crippen LogP contribution in [0.4, 0.5) is 10.5 Å². The number of imidazole rings is 1. The molecule has 0 saturated carbocycles. The number of hydrogen-bond acceptors (Lipinski definition) is 3. The average Bonchev–Trinajstić information content (AvgIpc) is 2.99. The molecule has 110 valence electrons. The summed E-state index contributed by atoms with van der Waals surface area (Å²) < 4.78 is 0. The molecule has 0 radical (unpaired) electrons. The van der Waals surface area contributed by atoms with E-state index in [2.05, 4.69) is 15.3 Å². The van der Waals surface area contributed by atoms with Gasteiger partial charge in [-0.2, -0.15) is 0 Å². The summed E-state index contributed by atoms with van der Waals surface area (Å²) in [6, 6.07) is 8.58. The van der Waals surface area contributed by atoms with Gasteiger partial charge in [-0.05, 0) is 12.1 Å². The number of nitrogens with one attached hydrogen (secondary N) is 2. The number of hydrogen-bond donors (Lipinski definition) is 3. The number of amides is 2. The Kier molecular flexibility index (Phi) is 4.92. The molecule has 21 heavy (non-hydrogen) atoms. The van der Waals surface area contributed by atoms with Gasteiger partial charge in [0.25, 0.3) is 0 Å². The van der Waals surface area contributed by atoms with E-state index in [0.717, 1.165) is 0 Å². The first-order valence-electron chi connectivity index (χ1n) is 6.47. The van der Waals surface area contributed by atoms with E-state index in [1.807, 2.05) is 6.07 Å². The van der Waals surface area contributed by atoms with Crippen LogP contribution < -0.4 is 10.2 Å². The molecule has 2 aromatic rings. The Balaban J connectivity index is 2.03. The van der Waals surface area contributed by atoms with Crippen molar-refractivity contribution in [2.24, 2.45) is 0 Å². The molecule has 1 heterocycles. The minimum absolute atomic E-state index is 0.101. The molecule has 1 aromatic carbocycles. The molecule has 2 amide bonds. The molecule has 0 saturated heterocycles. The van der Waals surface area contributed by atoms with Crippen LogP contribution >= 0.6 is 0 Å². The van der Waals surface area contributed by atoms with Crippen molar-refractivity contribution in [1.29, 1.82) is 0 Å². The lowest BCUT2D eigenvalue weighted by Gasteiger charge is -2.22. The first-order valence-corrected chi connectivity index (χ1v) is 6.47. The number of carboxylic acids is 1. The van der Waals surface area contributed by atoms with E-state index in [4.69, 9.17) is 5.11 Å². The van der Waals surface area contributed by atoms with Crippen LogP contribution in [0.1, 0.15) is 12.2 Å². The number of benzene rings is 1. The Hall–Kier alpha value is -2.83. The highest BCUT2D eigenvalue weighted by Crippen LogP contribution is 2.14. The molecule has 2 rings (SSSR count). The summed E-state index contributed by atoms with van der Waals surface area (Å²) in [7, 11) is 0. The fourth-order valence-corrected chi connectivity index (χ4v) is 1.81. The normalized spacial score (nSPS) is 10.1. The molecule has 7 heteroatoms. The van der Waals surface area contributed by atoms with E-state index in [-0.39, 0.29) is 25.5 Å². The molecule has 0 atom stereocenters. The van der Waals surface area contributed by atoms with Crippen molar-refractivity contribution in [3.63, 3.8) is 0 Å². The van der Waals surface area contributed by atoms with E-state index >= 15 is 0 Å². The minimum atomic E-state index is -0.949. The Morgan fingerprint density at radius 2 is 2.05 bits per heavy atom. The van der Waals surface area contributed by atoms with Crippen LogP contribution in [0.3, 0.4) is 0 Å². The summed E-state index contributed by atoms with van der Waals surface area (Å²) in [6.07, 6.45) is 3.14. The summed E-state index contributed by atoms with van der Waals surface area (Å²) in [5, 5.41) is 11.5. The van der Waals surface area contributed by atoms with Gasteiger partial charge in [-0.25, -0.2) is 9.78 Å². The Morgan fingerprint density at radius 3 is 2.67 bits per heavy atom. The van der Waals surface area contributed by atoms with Crippen LogP contribution in [-0.2, 0) is 11.3 Å². The number of aromatic amines is 1. The zero-order valence-corrected chi connectivity index (χ0v) is 11.3. The second-order valence-electron chi connectivity index (χ2n) is 4.33. The maximum absolute atomic E-state index is 12.2. The van der Waals surface area contributed by atoms with Crippen molar-refractivity contribution in [1.82, 2.24) is 15.3 Å². The third-order valence-electron chi connectivity index (χ3n) is 2.82. The molecule has 0 aliphatic heterocycles. The maximum atomic E-state index is 12.2. The number of para-hydroxylation sites is 1. The number of H-pyrrole nitrogens is 1. The van der Waals surface area contributed by atoms with Gasteiger partial charge in [0.15, 0.2) is 0 Å². The monoisotopic (exact) mass is 288 g/mol. The van der Waals surface area contributed by atoms with Gasteiger partial charge in [-0.15, -0.1) is 0 Å². The van der Waals surface area contributed by atoms with Crippen molar-refractivity contribution >= 4 is 17.7 Å². The first-order chi connectivity index (χ1) is 10.2. The predicted octanol–water partition coefficient (Wildman–Crippen LogP) is 1.60. The Labute approximate surface area is 121 Å². The Morgan fingerprint density at radius 1 is 1.29 bits per heavy atom. The quantitative estimate of drug-likeness (QED) is 0.752. The van der Waals surface area contributed by atoms with Gasteiger partial charge in [0.05, 0.1) is 13.0 Å². The molecule has 0 fully saturated rings. The summed E-state index contributed by atoms with van der Waals surface area (Å²) in [5.74, 6) is -0.315. The molecule has 0 unspecified atom stereocenters. The lowest BCUT2D eigenvalue weighted by Crippen LogP contribution is -2.41. The zero-order valence-electron chi connectivity index (χ0n) is 11.3. The van der Waals surface area contributed by atoms with E-state index < -0.39 is 5.97 Å². The number of anilines is 1. The largest absolute Gasteiger partial charge is 0.481 e. The van der Waals surface area contributed by atoms with Crippen LogP contribution in [0.2, 0.25) is 0 Å². The number of carboxylic acid groups (broad SMARTS) is 1. The smallest absolute Gasteiger partial charge is 0.322 e. The molecule has 0 aliphatic rings. The van der Waals surface area contributed by atoms with Gasteiger partial charge in [-0.3, -0.25) is 9.69 Å². The number of carbonyl (C=O) groups excluding carboxylic acids is 1. The van der Waals surface area contributed by atoms with Gasteiger partial charge in [0, 0.05) is 24.6 Å². The molecule has 3 N–H and O–H groups in total. The fourth-order valence-electron chi connectivity index (χ4n) is 1.81. The summed E-state index contributed by atoms with van der Waals surface area (Å²) >= 11 is 0. The van der Waals surface area contributed by atoms with E-state index in [1.54, 1.807) is 36.7 Å². The van der Waals surface area contributed by atoms with Crippen LogP contribution in [0.15, 0.2) is 42.7 Å². The molecule has 0 bridgehead atoms. The minimum Gasteiger partial charge on any atom is -0.481 e. The number of carbonyl (C=O) groups is 2. The van der Waals surface area contributed by atoms with E-state index in [1.165, 1.54) is 4.90 Å². The van der Waals surface area contributed by atoms with Crippen molar-refractivity contribution < 1.29 is 14.7 Å². The molecule has 0 spiro atoms. The number of nitrogens with zero attached hydrogens (tertiary/aromatic N) is 2. The second kappa shape index (κ2) is 7.09. The van der Waals surface area contributed by atoms with E-state index in [0.29, 0.717) is 11.5 Å². The Bertz CT molecular complexity index is 584. The van der Waals surface area contributed by atoms with Crippen molar-refractivity contribution in [2.45, 2.75) is 13.0 Å². The number of urea groups is 1. The maximum Gasteiger partial charge on any atom is 0.322 e. The molecule has 7 nitrogen and oxygen atoms in total. The van der Waals surface area contributed by atoms with Gasteiger partial charge in [-0.1, -0.05) is 18.2 Å². The third kappa shape index (κ3) is 4.34. The molecular weight excluding hydrogens is 272 g/mol. The van der Waals surface area contributed by atoms with Gasteiger partial charge < -0.3 is 15.4 Å².